The number of methoxy groups -OCH3 is 2. The van der Waals surface area contributed by atoms with Crippen LogP contribution in [0, 0.1) is 5.92 Å². The fourth-order valence-electron chi connectivity index (χ4n) is 4.73. The van der Waals surface area contributed by atoms with Crippen molar-refractivity contribution in [3.8, 4) is 5.75 Å². The van der Waals surface area contributed by atoms with Crippen molar-refractivity contribution in [2.75, 3.05) is 14.2 Å². The van der Waals surface area contributed by atoms with Gasteiger partial charge in [-0.05, 0) is 58.7 Å². The topological polar surface area (TPSA) is 77.1 Å². The van der Waals surface area contributed by atoms with E-state index in [4.69, 9.17) is 14.2 Å². The fourth-order valence-corrected chi connectivity index (χ4v) is 4.73. The Morgan fingerprint density at radius 1 is 1.21 bits per heavy atom. The Kier molecular flexibility index (Phi) is 9.56. The first kappa shape index (κ1) is 27.7. The zero-order valence-corrected chi connectivity index (χ0v) is 22.0. The van der Waals surface area contributed by atoms with Crippen molar-refractivity contribution in [3.05, 3.63) is 42.0 Å². The zero-order valence-electron chi connectivity index (χ0n) is 22.0. The van der Waals surface area contributed by atoms with E-state index in [1.807, 2.05) is 69.9 Å². The lowest BCUT2D eigenvalue weighted by molar-refractivity contribution is -0.131. The predicted molar refractivity (Wildman–Crippen MR) is 134 cm³/mol. The molecule has 1 saturated heterocycles. The number of hydrogen-bond donors (Lipinski definition) is 1. The largest absolute Gasteiger partial charge is 0.497 e. The molecule has 1 N–H and O–H groups in total. The van der Waals surface area contributed by atoms with Crippen molar-refractivity contribution in [2.24, 2.45) is 5.92 Å². The lowest BCUT2D eigenvalue weighted by Gasteiger charge is -2.44. The van der Waals surface area contributed by atoms with E-state index in [1.165, 1.54) is 0 Å². The highest BCUT2D eigenvalue weighted by Crippen LogP contribution is 2.37. The number of amides is 2. The third-order valence-corrected chi connectivity index (χ3v) is 6.37. The molecule has 0 unspecified atom stereocenters. The van der Waals surface area contributed by atoms with Gasteiger partial charge < -0.3 is 24.4 Å². The van der Waals surface area contributed by atoms with Crippen LogP contribution >= 0.6 is 0 Å². The molecule has 0 bridgehead atoms. The molecule has 0 spiro atoms. The summed E-state index contributed by atoms with van der Waals surface area (Å²) in [5.74, 6) is 0.746. The third kappa shape index (κ3) is 6.98. The van der Waals surface area contributed by atoms with Gasteiger partial charge in [0.1, 0.15) is 11.4 Å². The number of nitrogens with zero attached hydrogens (tertiary/aromatic N) is 1. The van der Waals surface area contributed by atoms with Gasteiger partial charge in [-0.2, -0.15) is 0 Å². The molecule has 0 aliphatic carbocycles. The summed E-state index contributed by atoms with van der Waals surface area (Å²) < 4.78 is 16.9. The number of carbonyl (C=O) groups excluding carboxylic acids is 2. The van der Waals surface area contributed by atoms with Crippen molar-refractivity contribution in [2.45, 2.75) is 90.6 Å². The second-order valence-electron chi connectivity index (χ2n) is 10.1. The standard InChI is InChI=1S/C27H42N2O5/c1-9-11-20-17-22(30)29(18-19-12-14-21(32-7)15-13-19)23(20)24(27(6,33-8)16-10-2)28-25(31)34-26(3,4)5/h9,11-15,20,23-24H,10,16-18H2,1-8H3,(H,28,31)/b11-9+/t20-,23-,24-,27+/m1/s1. The number of allylic oxidation sites excluding steroid dienone is 1. The highest BCUT2D eigenvalue weighted by Gasteiger charge is 2.50. The minimum atomic E-state index is -0.696. The van der Waals surface area contributed by atoms with Crippen LogP contribution in [-0.2, 0) is 20.8 Å². The fraction of sp³-hybridized carbons (Fsp3) is 0.630. The van der Waals surface area contributed by atoms with Crippen molar-refractivity contribution in [1.29, 1.82) is 0 Å². The number of likely N-dealkylation sites (tertiary alicyclic amines) is 1. The maximum atomic E-state index is 13.3. The van der Waals surface area contributed by atoms with Gasteiger partial charge in [-0.15, -0.1) is 0 Å². The monoisotopic (exact) mass is 474 g/mol. The summed E-state index contributed by atoms with van der Waals surface area (Å²) in [6.45, 7) is 12.0. The van der Waals surface area contributed by atoms with Crippen molar-refractivity contribution in [1.82, 2.24) is 10.2 Å². The van der Waals surface area contributed by atoms with Crippen molar-refractivity contribution >= 4 is 12.0 Å². The number of alkyl carbamates (subject to hydrolysis) is 1. The lowest BCUT2D eigenvalue weighted by atomic mass is 9.81. The van der Waals surface area contributed by atoms with Gasteiger partial charge in [0.05, 0.1) is 24.8 Å². The molecular formula is C27H42N2O5. The van der Waals surface area contributed by atoms with Crippen LogP contribution in [-0.4, -0.2) is 54.4 Å². The van der Waals surface area contributed by atoms with Gasteiger partial charge in [0, 0.05) is 26.0 Å². The molecule has 1 aliphatic rings. The summed E-state index contributed by atoms with van der Waals surface area (Å²) in [4.78, 5) is 28.1. The molecule has 2 amide bonds. The number of rotatable bonds is 10. The van der Waals surface area contributed by atoms with Gasteiger partial charge in [0.25, 0.3) is 0 Å². The van der Waals surface area contributed by atoms with Gasteiger partial charge in [-0.3, -0.25) is 4.79 Å². The van der Waals surface area contributed by atoms with Gasteiger partial charge in [-0.1, -0.05) is 37.6 Å². The number of nitrogens with one attached hydrogen (secondary N) is 1. The van der Waals surface area contributed by atoms with E-state index in [9.17, 15) is 9.59 Å². The van der Waals surface area contributed by atoms with E-state index in [-0.39, 0.29) is 17.9 Å². The molecule has 0 saturated carbocycles. The Balaban J connectivity index is 2.49. The summed E-state index contributed by atoms with van der Waals surface area (Å²) in [7, 11) is 3.29. The Morgan fingerprint density at radius 3 is 2.35 bits per heavy atom. The van der Waals surface area contributed by atoms with Crippen LogP contribution in [0.2, 0.25) is 0 Å². The predicted octanol–water partition coefficient (Wildman–Crippen LogP) is 5.09. The SMILES string of the molecule is C/C=C/[C@@H]1CC(=O)N(Cc2ccc(OC)cc2)[C@H]1[C@@H](NC(=O)OC(C)(C)C)[C@](C)(CCC)OC. The summed E-state index contributed by atoms with van der Waals surface area (Å²) in [6, 6.07) is 6.93. The van der Waals surface area contributed by atoms with Gasteiger partial charge in [0.2, 0.25) is 5.91 Å². The van der Waals surface area contributed by atoms with Crippen LogP contribution in [0.25, 0.3) is 0 Å². The molecular weight excluding hydrogens is 432 g/mol. The number of benzene rings is 1. The first-order valence-corrected chi connectivity index (χ1v) is 12.1. The highest BCUT2D eigenvalue weighted by atomic mass is 16.6. The Morgan fingerprint density at radius 2 is 1.85 bits per heavy atom. The molecule has 1 aromatic rings. The maximum Gasteiger partial charge on any atom is 0.408 e. The van der Waals surface area contributed by atoms with Crippen LogP contribution in [0.4, 0.5) is 4.79 Å². The second-order valence-corrected chi connectivity index (χ2v) is 10.1. The summed E-state index contributed by atoms with van der Waals surface area (Å²) in [6.07, 6.45) is 5.47. The van der Waals surface area contributed by atoms with Gasteiger partial charge in [-0.25, -0.2) is 4.79 Å². The van der Waals surface area contributed by atoms with E-state index in [0.29, 0.717) is 19.4 Å². The number of ether oxygens (including phenoxy) is 3. The number of carbonyl (C=O) groups is 2. The van der Waals surface area contributed by atoms with E-state index < -0.39 is 23.3 Å². The summed E-state index contributed by atoms with van der Waals surface area (Å²) in [5, 5.41) is 3.10. The average molecular weight is 475 g/mol. The molecule has 7 nitrogen and oxygen atoms in total. The maximum absolute atomic E-state index is 13.3. The average Bonchev–Trinajstić information content (AvgIpc) is 3.06. The third-order valence-electron chi connectivity index (χ3n) is 6.37. The minimum Gasteiger partial charge on any atom is -0.497 e. The molecule has 1 aromatic carbocycles. The Hall–Kier alpha value is -2.54. The molecule has 34 heavy (non-hydrogen) atoms. The molecule has 0 radical (unpaired) electrons. The van der Waals surface area contributed by atoms with Gasteiger partial charge in [0.15, 0.2) is 0 Å². The molecule has 0 aromatic heterocycles. The van der Waals surface area contributed by atoms with E-state index in [2.05, 4.69) is 18.3 Å². The van der Waals surface area contributed by atoms with Crippen LogP contribution < -0.4 is 10.1 Å². The number of hydrogen-bond acceptors (Lipinski definition) is 5. The quantitative estimate of drug-likeness (QED) is 0.478. The lowest BCUT2D eigenvalue weighted by Crippen LogP contribution is -2.63. The Labute approximate surface area is 204 Å². The van der Waals surface area contributed by atoms with E-state index in [1.54, 1.807) is 14.2 Å². The molecule has 2 rings (SSSR count). The molecule has 1 heterocycles. The highest BCUT2D eigenvalue weighted by molar-refractivity contribution is 5.80. The normalized spacial score (nSPS) is 21.4. The summed E-state index contributed by atoms with van der Waals surface area (Å²) in [5.41, 5.74) is -0.343. The van der Waals surface area contributed by atoms with Crippen LogP contribution in [0.15, 0.2) is 36.4 Å². The second kappa shape index (κ2) is 11.7. The van der Waals surface area contributed by atoms with Crippen LogP contribution in [0.5, 0.6) is 5.75 Å². The zero-order chi connectivity index (χ0) is 25.5. The van der Waals surface area contributed by atoms with Crippen LogP contribution in [0.3, 0.4) is 0 Å². The van der Waals surface area contributed by atoms with Crippen molar-refractivity contribution in [3.63, 3.8) is 0 Å². The smallest absolute Gasteiger partial charge is 0.408 e. The van der Waals surface area contributed by atoms with E-state index in [0.717, 1.165) is 17.7 Å². The molecule has 7 heteroatoms. The van der Waals surface area contributed by atoms with Crippen molar-refractivity contribution < 1.29 is 23.8 Å². The molecule has 1 aliphatic heterocycles. The molecule has 4 atom stereocenters. The first-order valence-electron chi connectivity index (χ1n) is 12.1. The first-order chi connectivity index (χ1) is 16.0. The van der Waals surface area contributed by atoms with E-state index >= 15 is 0 Å². The molecule has 190 valence electrons. The summed E-state index contributed by atoms with van der Waals surface area (Å²) >= 11 is 0. The minimum absolute atomic E-state index is 0.0508. The molecule has 1 fully saturated rings. The van der Waals surface area contributed by atoms with Crippen LogP contribution in [0.1, 0.15) is 66.4 Å². The Bertz CT molecular complexity index is 846. The van der Waals surface area contributed by atoms with Gasteiger partial charge >= 0.3 is 6.09 Å².